The SMILES string of the molecule is CCCNC(=O)CN(C)CC(=O)Nc1scc(-c2ccc(Cl)cc2)c1C(=O)OCC. The lowest BCUT2D eigenvalue weighted by Gasteiger charge is -2.16. The number of amides is 2. The summed E-state index contributed by atoms with van der Waals surface area (Å²) in [6, 6.07) is 7.09. The van der Waals surface area contributed by atoms with Gasteiger partial charge in [0.2, 0.25) is 11.8 Å². The second-order valence-corrected chi connectivity index (χ2v) is 7.97. The molecule has 0 atom stereocenters. The standard InChI is InChI=1S/C21H26ClN3O4S/c1-4-10-23-17(26)11-25(3)12-18(27)24-20-19(21(28)29-5-2)16(13-30-20)14-6-8-15(22)9-7-14/h6-9,13H,4-5,10-12H2,1-3H3,(H,23,26)(H,24,27). The minimum Gasteiger partial charge on any atom is -0.462 e. The van der Waals surface area contributed by atoms with Crippen LogP contribution in [0, 0.1) is 0 Å². The molecule has 2 rings (SSSR count). The highest BCUT2D eigenvalue weighted by Gasteiger charge is 2.23. The van der Waals surface area contributed by atoms with Gasteiger partial charge in [-0.1, -0.05) is 30.7 Å². The molecule has 0 unspecified atom stereocenters. The first-order valence-corrected chi connectivity index (χ1v) is 10.9. The van der Waals surface area contributed by atoms with Crippen molar-refractivity contribution in [3.05, 3.63) is 40.2 Å². The summed E-state index contributed by atoms with van der Waals surface area (Å²) in [7, 11) is 1.69. The highest BCUT2D eigenvalue weighted by molar-refractivity contribution is 7.15. The Bertz CT molecular complexity index is 883. The molecule has 30 heavy (non-hydrogen) atoms. The smallest absolute Gasteiger partial charge is 0.341 e. The zero-order valence-electron chi connectivity index (χ0n) is 17.3. The maximum Gasteiger partial charge on any atom is 0.341 e. The number of hydrogen-bond acceptors (Lipinski definition) is 6. The van der Waals surface area contributed by atoms with E-state index >= 15 is 0 Å². The van der Waals surface area contributed by atoms with E-state index in [9.17, 15) is 14.4 Å². The molecule has 0 saturated carbocycles. The van der Waals surface area contributed by atoms with Gasteiger partial charge in [0, 0.05) is 22.5 Å². The third-order valence-electron chi connectivity index (χ3n) is 4.08. The van der Waals surface area contributed by atoms with E-state index in [-0.39, 0.29) is 31.5 Å². The van der Waals surface area contributed by atoms with Gasteiger partial charge in [-0.3, -0.25) is 14.5 Å². The van der Waals surface area contributed by atoms with Crippen LogP contribution in [0.2, 0.25) is 5.02 Å². The van der Waals surface area contributed by atoms with Crippen LogP contribution < -0.4 is 10.6 Å². The lowest BCUT2D eigenvalue weighted by molar-refractivity contribution is -0.122. The van der Waals surface area contributed by atoms with E-state index in [1.165, 1.54) is 11.3 Å². The molecule has 0 radical (unpaired) electrons. The zero-order chi connectivity index (χ0) is 22.1. The summed E-state index contributed by atoms with van der Waals surface area (Å²) in [5.41, 5.74) is 1.77. The van der Waals surface area contributed by atoms with Crippen LogP contribution in [-0.4, -0.2) is 56.0 Å². The van der Waals surface area contributed by atoms with Crippen LogP contribution in [0.15, 0.2) is 29.6 Å². The number of thiophene rings is 1. The molecule has 0 aliphatic carbocycles. The van der Waals surface area contributed by atoms with Crippen molar-refractivity contribution in [3.8, 4) is 11.1 Å². The van der Waals surface area contributed by atoms with Crippen LogP contribution in [0.4, 0.5) is 5.00 Å². The largest absolute Gasteiger partial charge is 0.462 e. The molecule has 0 aliphatic heterocycles. The Balaban J connectivity index is 2.14. The maximum absolute atomic E-state index is 12.6. The van der Waals surface area contributed by atoms with Gasteiger partial charge in [0.05, 0.1) is 19.7 Å². The van der Waals surface area contributed by atoms with Gasteiger partial charge < -0.3 is 15.4 Å². The molecule has 9 heteroatoms. The fraction of sp³-hybridized carbons (Fsp3) is 0.381. The molecule has 0 saturated heterocycles. The van der Waals surface area contributed by atoms with Gasteiger partial charge in [0.25, 0.3) is 0 Å². The maximum atomic E-state index is 12.6. The van der Waals surface area contributed by atoms with E-state index in [4.69, 9.17) is 16.3 Å². The van der Waals surface area contributed by atoms with E-state index in [1.807, 2.05) is 6.92 Å². The fourth-order valence-corrected chi connectivity index (χ4v) is 3.83. The predicted octanol–water partition coefficient (Wildman–Crippen LogP) is 3.64. The van der Waals surface area contributed by atoms with Crippen molar-refractivity contribution in [1.29, 1.82) is 0 Å². The molecular weight excluding hydrogens is 426 g/mol. The van der Waals surface area contributed by atoms with Crippen LogP contribution in [0.1, 0.15) is 30.6 Å². The number of ether oxygens (including phenoxy) is 1. The quantitative estimate of drug-likeness (QED) is 0.538. The summed E-state index contributed by atoms with van der Waals surface area (Å²) in [6.07, 6.45) is 0.848. The zero-order valence-corrected chi connectivity index (χ0v) is 18.9. The number of hydrogen-bond donors (Lipinski definition) is 2. The number of anilines is 1. The Morgan fingerprint density at radius 3 is 2.40 bits per heavy atom. The number of halogens is 1. The first-order valence-electron chi connectivity index (χ1n) is 9.65. The summed E-state index contributed by atoms with van der Waals surface area (Å²) in [5, 5.41) is 8.34. The topological polar surface area (TPSA) is 87.7 Å². The van der Waals surface area contributed by atoms with Crippen molar-refractivity contribution in [1.82, 2.24) is 10.2 Å². The molecule has 0 aliphatic rings. The van der Waals surface area contributed by atoms with Crippen molar-refractivity contribution >= 4 is 45.7 Å². The Morgan fingerprint density at radius 2 is 1.77 bits per heavy atom. The number of carbonyl (C=O) groups excluding carboxylic acids is 3. The van der Waals surface area contributed by atoms with E-state index in [2.05, 4.69) is 10.6 Å². The summed E-state index contributed by atoms with van der Waals surface area (Å²) in [4.78, 5) is 38.5. The van der Waals surface area contributed by atoms with Gasteiger partial charge in [0.1, 0.15) is 10.6 Å². The van der Waals surface area contributed by atoms with E-state index < -0.39 is 5.97 Å². The number of likely N-dealkylation sites (N-methyl/N-ethyl adjacent to an activating group) is 1. The molecule has 7 nitrogen and oxygen atoms in total. The lowest BCUT2D eigenvalue weighted by atomic mass is 10.0. The van der Waals surface area contributed by atoms with Gasteiger partial charge in [0.15, 0.2) is 0 Å². The van der Waals surface area contributed by atoms with Gasteiger partial charge in [-0.25, -0.2) is 4.79 Å². The second-order valence-electron chi connectivity index (χ2n) is 6.65. The minimum absolute atomic E-state index is 0.00991. The van der Waals surface area contributed by atoms with Gasteiger partial charge >= 0.3 is 5.97 Å². The predicted molar refractivity (Wildman–Crippen MR) is 120 cm³/mol. The number of esters is 1. The van der Waals surface area contributed by atoms with Crippen LogP contribution >= 0.6 is 22.9 Å². The summed E-state index contributed by atoms with van der Waals surface area (Å²) in [6.45, 7) is 4.64. The van der Waals surface area contributed by atoms with Crippen molar-refractivity contribution in [2.45, 2.75) is 20.3 Å². The number of nitrogens with one attached hydrogen (secondary N) is 2. The molecule has 0 bridgehead atoms. The average molecular weight is 452 g/mol. The highest BCUT2D eigenvalue weighted by Crippen LogP contribution is 2.36. The Hall–Kier alpha value is -2.42. The van der Waals surface area contributed by atoms with Crippen LogP contribution in [-0.2, 0) is 14.3 Å². The van der Waals surface area contributed by atoms with E-state index in [0.717, 1.165) is 12.0 Å². The molecular formula is C21H26ClN3O4S. The normalized spacial score (nSPS) is 10.7. The Labute approximate surface area is 185 Å². The van der Waals surface area contributed by atoms with Crippen LogP contribution in [0.3, 0.4) is 0 Å². The monoisotopic (exact) mass is 451 g/mol. The Morgan fingerprint density at radius 1 is 1.10 bits per heavy atom. The average Bonchev–Trinajstić information content (AvgIpc) is 3.10. The first kappa shape index (κ1) is 23.9. The van der Waals surface area contributed by atoms with Crippen LogP contribution in [0.5, 0.6) is 0 Å². The number of rotatable bonds is 10. The third kappa shape index (κ3) is 6.83. The van der Waals surface area contributed by atoms with Gasteiger partial charge in [-0.15, -0.1) is 11.3 Å². The van der Waals surface area contributed by atoms with Gasteiger partial charge in [-0.05, 0) is 38.1 Å². The lowest BCUT2D eigenvalue weighted by Crippen LogP contribution is -2.39. The number of carbonyl (C=O) groups is 3. The van der Waals surface area contributed by atoms with Crippen LogP contribution in [0.25, 0.3) is 11.1 Å². The molecule has 0 spiro atoms. The first-order chi connectivity index (χ1) is 14.3. The van der Waals surface area contributed by atoms with E-state index in [0.29, 0.717) is 27.7 Å². The molecule has 2 amide bonds. The summed E-state index contributed by atoms with van der Waals surface area (Å²) < 4.78 is 5.19. The summed E-state index contributed by atoms with van der Waals surface area (Å²) >= 11 is 7.20. The van der Waals surface area contributed by atoms with Crippen molar-refractivity contribution < 1.29 is 19.1 Å². The van der Waals surface area contributed by atoms with Crippen molar-refractivity contribution in [2.75, 3.05) is 38.6 Å². The number of nitrogens with zero attached hydrogens (tertiary/aromatic N) is 1. The van der Waals surface area contributed by atoms with E-state index in [1.54, 1.807) is 48.5 Å². The molecule has 2 N–H and O–H groups in total. The van der Waals surface area contributed by atoms with Crippen molar-refractivity contribution in [2.24, 2.45) is 0 Å². The van der Waals surface area contributed by atoms with Crippen molar-refractivity contribution in [3.63, 3.8) is 0 Å². The third-order valence-corrected chi connectivity index (χ3v) is 5.23. The molecule has 1 aromatic carbocycles. The summed E-state index contributed by atoms with van der Waals surface area (Å²) in [5.74, 6) is -0.970. The molecule has 1 aromatic heterocycles. The molecule has 1 heterocycles. The molecule has 2 aromatic rings. The van der Waals surface area contributed by atoms with Gasteiger partial charge in [-0.2, -0.15) is 0 Å². The minimum atomic E-state index is -0.508. The fourth-order valence-electron chi connectivity index (χ4n) is 2.73. The second kappa shape index (κ2) is 11.7. The number of benzene rings is 1. The molecule has 162 valence electrons. The Kier molecular flexibility index (Phi) is 9.29. The molecule has 0 fully saturated rings. The highest BCUT2D eigenvalue weighted by atomic mass is 35.5.